The van der Waals surface area contributed by atoms with E-state index in [1.165, 1.54) is 0 Å². The molecule has 9 heteroatoms. The van der Waals surface area contributed by atoms with Crippen LogP contribution < -0.4 is 10.6 Å². The molecule has 0 aliphatic rings. The average Bonchev–Trinajstić information content (AvgIpc) is 2.94. The molecule has 2 unspecified atom stereocenters. The van der Waals surface area contributed by atoms with Crippen molar-refractivity contribution < 1.29 is 19.1 Å². The van der Waals surface area contributed by atoms with Crippen LogP contribution in [0.1, 0.15) is 49.1 Å². The van der Waals surface area contributed by atoms with Gasteiger partial charge >= 0.3 is 6.09 Å². The predicted octanol–water partition coefficient (Wildman–Crippen LogP) is 6.46. The molecular formula is C33H35ClN4O4. The third-order valence-electron chi connectivity index (χ3n) is 6.29. The van der Waals surface area contributed by atoms with Crippen LogP contribution in [0.2, 0.25) is 5.02 Å². The highest BCUT2D eigenvalue weighted by atomic mass is 35.5. The molecule has 218 valence electrons. The Labute approximate surface area is 251 Å². The van der Waals surface area contributed by atoms with Crippen LogP contribution in [0.3, 0.4) is 0 Å². The zero-order valence-electron chi connectivity index (χ0n) is 24.2. The molecule has 0 saturated heterocycles. The van der Waals surface area contributed by atoms with Crippen molar-refractivity contribution in [3.63, 3.8) is 0 Å². The molecule has 0 heterocycles. The van der Waals surface area contributed by atoms with Crippen LogP contribution in [0.15, 0.2) is 79.4 Å². The van der Waals surface area contributed by atoms with E-state index in [0.717, 1.165) is 21.6 Å². The third-order valence-corrected chi connectivity index (χ3v) is 6.60. The largest absolute Gasteiger partial charge is 0.444 e. The number of hydrogen-bond donors (Lipinski definition) is 2. The Morgan fingerprint density at radius 1 is 1.07 bits per heavy atom. The van der Waals surface area contributed by atoms with Gasteiger partial charge in [0.05, 0.1) is 16.8 Å². The van der Waals surface area contributed by atoms with E-state index in [4.69, 9.17) is 16.3 Å². The van der Waals surface area contributed by atoms with Crippen molar-refractivity contribution in [3.8, 4) is 6.07 Å². The molecule has 0 spiro atoms. The summed E-state index contributed by atoms with van der Waals surface area (Å²) in [6.45, 7) is 10.3. The second kappa shape index (κ2) is 14.3. The second-order valence-corrected chi connectivity index (χ2v) is 11.1. The Bertz CT molecular complexity index is 1460. The molecule has 0 aliphatic carbocycles. The molecule has 0 fully saturated rings. The van der Waals surface area contributed by atoms with E-state index in [2.05, 4.69) is 17.2 Å². The lowest BCUT2D eigenvalue weighted by molar-refractivity contribution is -0.140. The molecular weight excluding hydrogens is 552 g/mol. The van der Waals surface area contributed by atoms with Crippen molar-refractivity contribution in [2.24, 2.45) is 0 Å². The molecule has 0 aromatic heterocycles. The van der Waals surface area contributed by atoms with Crippen LogP contribution >= 0.6 is 11.6 Å². The number of benzene rings is 3. The van der Waals surface area contributed by atoms with Gasteiger partial charge in [-0.05, 0) is 62.1 Å². The summed E-state index contributed by atoms with van der Waals surface area (Å²) < 4.78 is 5.43. The molecule has 0 saturated carbocycles. The van der Waals surface area contributed by atoms with Crippen molar-refractivity contribution in [1.82, 2.24) is 10.2 Å². The summed E-state index contributed by atoms with van der Waals surface area (Å²) in [5, 5.41) is 15.7. The number of carbonyl (C=O) groups excluding carboxylic acids is 3. The summed E-state index contributed by atoms with van der Waals surface area (Å²) in [5.74, 6) is -1.21. The lowest BCUT2D eigenvalue weighted by Crippen LogP contribution is -2.53. The van der Waals surface area contributed by atoms with Crippen molar-refractivity contribution in [2.75, 3.05) is 11.9 Å². The maximum Gasteiger partial charge on any atom is 0.408 e. The standard InChI is InChI=1S/C33H35ClN4O4/c1-6-23-15-11-16-25(20-23)29(30(39)37-28-22(2)12-10-17-26(28)34)38(19-18-35)31(40)27(21-24-13-8-7-9-14-24)36-32(41)42-33(3,4)5/h6-17,20,27,29H,1,19,21H2,2-5H3,(H,36,41)(H,37,39). The van der Waals surface area contributed by atoms with Gasteiger partial charge in [0, 0.05) is 6.42 Å². The fourth-order valence-electron chi connectivity index (χ4n) is 4.38. The SMILES string of the molecule is C=Cc1cccc(C(C(=O)Nc2c(C)cccc2Cl)N(CC#N)C(=O)C(Cc2ccccc2)NC(=O)OC(C)(C)C)c1. The van der Waals surface area contributed by atoms with Gasteiger partial charge in [0.15, 0.2) is 0 Å². The highest BCUT2D eigenvalue weighted by Crippen LogP contribution is 2.30. The number of alkyl carbamates (subject to hydrolysis) is 1. The summed E-state index contributed by atoms with van der Waals surface area (Å²) in [7, 11) is 0. The van der Waals surface area contributed by atoms with E-state index in [1.54, 1.807) is 70.2 Å². The number of nitriles is 1. The second-order valence-electron chi connectivity index (χ2n) is 10.7. The highest BCUT2D eigenvalue weighted by molar-refractivity contribution is 6.34. The number of halogens is 1. The topological polar surface area (TPSA) is 112 Å². The fourth-order valence-corrected chi connectivity index (χ4v) is 4.65. The summed E-state index contributed by atoms with van der Waals surface area (Å²) >= 11 is 6.40. The van der Waals surface area contributed by atoms with E-state index < -0.39 is 42.1 Å². The lowest BCUT2D eigenvalue weighted by Gasteiger charge is -2.33. The Morgan fingerprint density at radius 3 is 2.38 bits per heavy atom. The Morgan fingerprint density at radius 2 is 1.76 bits per heavy atom. The predicted molar refractivity (Wildman–Crippen MR) is 165 cm³/mol. The van der Waals surface area contributed by atoms with Crippen LogP contribution in [-0.4, -0.2) is 41.0 Å². The van der Waals surface area contributed by atoms with Gasteiger partial charge in [0.2, 0.25) is 5.91 Å². The van der Waals surface area contributed by atoms with Crippen LogP contribution in [-0.2, 0) is 20.7 Å². The van der Waals surface area contributed by atoms with E-state index in [9.17, 15) is 19.6 Å². The van der Waals surface area contributed by atoms with Crippen LogP contribution in [0.25, 0.3) is 6.08 Å². The normalized spacial score (nSPS) is 12.3. The maximum absolute atomic E-state index is 14.3. The number of nitrogens with zero attached hydrogens (tertiary/aromatic N) is 2. The van der Waals surface area contributed by atoms with Crippen molar-refractivity contribution in [3.05, 3.63) is 107 Å². The zero-order valence-corrected chi connectivity index (χ0v) is 24.9. The number of rotatable bonds is 10. The third kappa shape index (κ3) is 8.69. The molecule has 0 bridgehead atoms. The number of ether oxygens (including phenoxy) is 1. The summed E-state index contributed by atoms with van der Waals surface area (Å²) in [6.07, 6.45) is 0.927. The van der Waals surface area contributed by atoms with Crippen molar-refractivity contribution in [1.29, 1.82) is 5.26 Å². The molecule has 8 nitrogen and oxygen atoms in total. The number of para-hydroxylation sites is 1. The Balaban J connectivity index is 2.09. The highest BCUT2D eigenvalue weighted by Gasteiger charge is 2.37. The minimum atomic E-state index is -1.24. The van der Waals surface area contributed by atoms with Gasteiger partial charge in [-0.3, -0.25) is 9.59 Å². The van der Waals surface area contributed by atoms with Crippen LogP contribution in [0, 0.1) is 18.3 Å². The van der Waals surface area contributed by atoms with E-state index >= 15 is 0 Å². The number of aryl methyl sites for hydroxylation is 1. The molecule has 3 aromatic rings. The molecule has 3 rings (SSSR count). The summed E-state index contributed by atoms with van der Waals surface area (Å²) in [6, 6.07) is 20.9. The minimum Gasteiger partial charge on any atom is -0.444 e. The van der Waals surface area contributed by atoms with Gasteiger partial charge in [-0.1, -0.05) is 84.9 Å². The molecule has 42 heavy (non-hydrogen) atoms. The average molecular weight is 587 g/mol. The number of carbonyl (C=O) groups is 3. The number of hydrogen-bond acceptors (Lipinski definition) is 5. The van der Waals surface area contributed by atoms with Gasteiger partial charge in [0.25, 0.3) is 5.91 Å². The van der Waals surface area contributed by atoms with Crippen molar-refractivity contribution >= 4 is 41.3 Å². The first-order valence-electron chi connectivity index (χ1n) is 13.4. The molecule has 0 aliphatic heterocycles. The molecule has 3 aromatic carbocycles. The quantitative estimate of drug-likeness (QED) is 0.265. The molecule has 0 radical (unpaired) electrons. The number of amides is 3. The Kier molecular flexibility index (Phi) is 10.9. The van der Waals surface area contributed by atoms with Crippen molar-refractivity contribution in [2.45, 2.75) is 51.8 Å². The zero-order chi connectivity index (χ0) is 30.9. The molecule has 3 amide bonds. The first-order valence-corrected chi connectivity index (χ1v) is 13.8. The number of anilines is 1. The van der Waals surface area contributed by atoms with Gasteiger partial charge in [-0.2, -0.15) is 5.26 Å². The van der Waals surface area contributed by atoms with Gasteiger partial charge in [0.1, 0.15) is 24.2 Å². The number of nitrogens with one attached hydrogen (secondary N) is 2. The summed E-state index contributed by atoms with van der Waals surface area (Å²) in [4.78, 5) is 42.3. The maximum atomic E-state index is 14.3. The fraction of sp³-hybridized carbons (Fsp3) is 0.273. The van der Waals surface area contributed by atoms with Crippen LogP contribution in [0.5, 0.6) is 0 Å². The monoisotopic (exact) mass is 586 g/mol. The minimum absolute atomic E-state index is 0.103. The molecule has 2 atom stereocenters. The van der Waals surface area contributed by atoms with Gasteiger partial charge in [-0.15, -0.1) is 0 Å². The van der Waals surface area contributed by atoms with Crippen LogP contribution in [0.4, 0.5) is 10.5 Å². The lowest BCUT2D eigenvalue weighted by atomic mass is 9.98. The Hall–Kier alpha value is -4.61. The van der Waals surface area contributed by atoms with Gasteiger partial charge < -0.3 is 20.3 Å². The molecule has 2 N–H and O–H groups in total. The van der Waals surface area contributed by atoms with Gasteiger partial charge in [-0.25, -0.2) is 4.79 Å². The van der Waals surface area contributed by atoms with E-state index in [-0.39, 0.29) is 6.42 Å². The van der Waals surface area contributed by atoms with E-state index in [0.29, 0.717) is 16.3 Å². The smallest absolute Gasteiger partial charge is 0.408 e. The first kappa shape index (κ1) is 31.9. The van der Waals surface area contributed by atoms with E-state index in [1.807, 2.05) is 42.5 Å². The summed E-state index contributed by atoms with van der Waals surface area (Å²) in [5.41, 5.74) is 2.25. The first-order chi connectivity index (χ1) is 19.9.